The maximum Gasteiger partial charge on any atom is 0.223 e. The summed E-state index contributed by atoms with van der Waals surface area (Å²) in [6.45, 7) is 0. The molecule has 0 spiro atoms. The fourth-order valence-corrected chi connectivity index (χ4v) is 2.34. The Morgan fingerprint density at radius 3 is 2.28 bits per heavy atom. The summed E-state index contributed by atoms with van der Waals surface area (Å²) in [5, 5.41) is 3.36. The number of nitrogens with zero attached hydrogens (tertiary/aromatic N) is 2. The van der Waals surface area contributed by atoms with Crippen molar-refractivity contribution in [1.29, 1.82) is 0 Å². The van der Waals surface area contributed by atoms with Crippen LogP contribution in [0.25, 0.3) is 0 Å². The van der Waals surface area contributed by atoms with Crippen molar-refractivity contribution in [2.24, 2.45) is 0 Å². The molecular weight excluding hydrogens is 226 g/mol. The monoisotopic (exact) mass is 241 g/mol. The zero-order chi connectivity index (χ0) is 12.4. The van der Waals surface area contributed by atoms with E-state index in [4.69, 9.17) is 4.74 Å². The third-order valence-corrected chi connectivity index (χ3v) is 3.25. The van der Waals surface area contributed by atoms with Crippen LogP contribution < -0.4 is 10.1 Å². The van der Waals surface area contributed by atoms with Gasteiger partial charge in [0.25, 0.3) is 0 Å². The lowest BCUT2D eigenvalue weighted by atomic mass is 10.1. The van der Waals surface area contributed by atoms with Gasteiger partial charge in [0, 0.05) is 6.04 Å². The highest BCUT2D eigenvalue weighted by Gasteiger charge is 2.21. The van der Waals surface area contributed by atoms with Gasteiger partial charge in [-0.05, 0) is 24.0 Å². The summed E-state index contributed by atoms with van der Waals surface area (Å²) >= 11 is 0. The normalized spacial score (nSPS) is 14.3. The van der Waals surface area contributed by atoms with Gasteiger partial charge < -0.3 is 10.1 Å². The molecule has 3 rings (SSSR count). The predicted molar refractivity (Wildman–Crippen MR) is 69.8 cm³/mol. The molecule has 0 saturated heterocycles. The van der Waals surface area contributed by atoms with E-state index in [-0.39, 0.29) is 0 Å². The Kier molecular flexibility index (Phi) is 2.84. The molecule has 4 nitrogen and oxygen atoms in total. The lowest BCUT2D eigenvalue weighted by Crippen LogP contribution is -2.20. The summed E-state index contributed by atoms with van der Waals surface area (Å²) in [5.74, 6) is 1.34. The fraction of sp³-hybridized carbons (Fsp3) is 0.286. The summed E-state index contributed by atoms with van der Waals surface area (Å²) in [6, 6.07) is 8.93. The van der Waals surface area contributed by atoms with Crippen LogP contribution in [-0.4, -0.2) is 23.1 Å². The first-order valence-electron chi connectivity index (χ1n) is 6.04. The molecule has 0 atom stereocenters. The van der Waals surface area contributed by atoms with Crippen molar-refractivity contribution in [3.63, 3.8) is 0 Å². The van der Waals surface area contributed by atoms with Crippen LogP contribution >= 0.6 is 0 Å². The van der Waals surface area contributed by atoms with Crippen LogP contribution in [0.1, 0.15) is 11.1 Å². The number of rotatable bonds is 3. The van der Waals surface area contributed by atoms with Gasteiger partial charge in [0.15, 0.2) is 5.75 Å². The fourth-order valence-electron chi connectivity index (χ4n) is 2.34. The number of nitrogens with one attached hydrogen (secondary N) is 1. The molecule has 1 N–H and O–H groups in total. The Labute approximate surface area is 106 Å². The molecule has 18 heavy (non-hydrogen) atoms. The number of anilines is 1. The topological polar surface area (TPSA) is 47.0 Å². The van der Waals surface area contributed by atoms with E-state index in [1.165, 1.54) is 11.1 Å². The molecule has 4 heteroatoms. The summed E-state index contributed by atoms with van der Waals surface area (Å²) in [6.07, 6.45) is 5.42. The first-order chi connectivity index (χ1) is 8.85. The Hall–Kier alpha value is -2.10. The summed E-state index contributed by atoms with van der Waals surface area (Å²) in [5.41, 5.74) is 2.84. The van der Waals surface area contributed by atoms with Gasteiger partial charge in [-0.15, -0.1) is 0 Å². The van der Waals surface area contributed by atoms with Crippen LogP contribution in [0.5, 0.6) is 5.75 Å². The maximum absolute atomic E-state index is 5.04. The second kappa shape index (κ2) is 4.64. The van der Waals surface area contributed by atoms with Crippen LogP contribution in [0, 0.1) is 0 Å². The molecule has 0 amide bonds. The van der Waals surface area contributed by atoms with Crippen LogP contribution in [0.3, 0.4) is 0 Å². The molecule has 0 unspecified atom stereocenters. The first-order valence-corrected chi connectivity index (χ1v) is 6.04. The second-order valence-corrected chi connectivity index (χ2v) is 4.46. The van der Waals surface area contributed by atoms with E-state index in [0.717, 1.165) is 12.8 Å². The Morgan fingerprint density at radius 2 is 1.72 bits per heavy atom. The molecule has 1 heterocycles. The third-order valence-electron chi connectivity index (χ3n) is 3.25. The van der Waals surface area contributed by atoms with Gasteiger partial charge in [-0.25, -0.2) is 9.97 Å². The Bertz CT molecular complexity index is 514. The molecule has 0 aliphatic heterocycles. The smallest absolute Gasteiger partial charge is 0.223 e. The molecule has 0 fully saturated rings. The number of benzene rings is 1. The summed E-state index contributed by atoms with van der Waals surface area (Å²) < 4.78 is 5.04. The van der Waals surface area contributed by atoms with Gasteiger partial charge in [-0.3, -0.25) is 0 Å². The van der Waals surface area contributed by atoms with Crippen LogP contribution in [0.15, 0.2) is 36.7 Å². The van der Waals surface area contributed by atoms with Crippen molar-refractivity contribution in [2.75, 3.05) is 12.4 Å². The minimum Gasteiger partial charge on any atom is -0.494 e. The standard InChI is InChI=1S/C14H15N3O/c1-18-13-8-15-14(16-9-13)17-12-6-10-4-2-3-5-11(10)7-12/h2-5,8-9,12H,6-7H2,1H3,(H,15,16,17). The molecule has 0 saturated carbocycles. The van der Waals surface area contributed by atoms with Crippen LogP contribution in [0.4, 0.5) is 5.95 Å². The van der Waals surface area contributed by atoms with Gasteiger partial charge in [0.1, 0.15) is 0 Å². The van der Waals surface area contributed by atoms with E-state index >= 15 is 0 Å². The van der Waals surface area contributed by atoms with Gasteiger partial charge in [0.2, 0.25) is 5.95 Å². The largest absolute Gasteiger partial charge is 0.494 e. The number of aromatic nitrogens is 2. The van der Waals surface area contributed by atoms with Gasteiger partial charge in [-0.1, -0.05) is 24.3 Å². The molecule has 1 aromatic carbocycles. The minimum absolute atomic E-state index is 0.385. The molecule has 0 bridgehead atoms. The van der Waals surface area contributed by atoms with E-state index in [9.17, 15) is 0 Å². The van der Waals surface area contributed by atoms with Gasteiger partial charge >= 0.3 is 0 Å². The van der Waals surface area contributed by atoms with Crippen molar-refractivity contribution < 1.29 is 4.74 Å². The van der Waals surface area contributed by atoms with Crippen LogP contribution in [0.2, 0.25) is 0 Å². The Balaban J connectivity index is 1.68. The second-order valence-electron chi connectivity index (χ2n) is 4.46. The zero-order valence-electron chi connectivity index (χ0n) is 10.3. The summed E-state index contributed by atoms with van der Waals surface area (Å²) in [4.78, 5) is 8.46. The lowest BCUT2D eigenvalue weighted by Gasteiger charge is -2.11. The third kappa shape index (κ3) is 2.14. The number of ether oxygens (including phenoxy) is 1. The predicted octanol–water partition coefficient (Wildman–Crippen LogP) is 2.06. The lowest BCUT2D eigenvalue weighted by molar-refractivity contribution is 0.411. The van der Waals surface area contributed by atoms with Crippen molar-refractivity contribution in [1.82, 2.24) is 9.97 Å². The zero-order valence-corrected chi connectivity index (χ0v) is 10.3. The minimum atomic E-state index is 0.385. The van der Waals surface area contributed by atoms with Crippen molar-refractivity contribution in [2.45, 2.75) is 18.9 Å². The van der Waals surface area contributed by atoms with E-state index in [0.29, 0.717) is 17.7 Å². The van der Waals surface area contributed by atoms with E-state index in [1.54, 1.807) is 19.5 Å². The SMILES string of the molecule is COc1cnc(NC2Cc3ccccc3C2)nc1. The van der Waals surface area contributed by atoms with E-state index < -0.39 is 0 Å². The Morgan fingerprint density at radius 1 is 1.11 bits per heavy atom. The van der Waals surface area contributed by atoms with Gasteiger partial charge in [-0.2, -0.15) is 0 Å². The average molecular weight is 241 g/mol. The first kappa shape index (κ1) is 11.0. The highest BCUT2D eigenvalue weighted by molar-refractivity contribution is 5.38. The quantitative estimate of drug-likeness (QED) is 0.893. The number of hydrogen-bond donors (Lipinski definition) is 1. The van der Waals surface area contributed by atoms with Crippen LogP contribution in [-0.2, 0) is 12.8 Å². The highest BCUT2D eigenvalue weighted by atomic mass is 16.5. The molecule has 1 aliphatic carbocycles. The van der Waals surface area contributed by atoms with Gasteiger partial charge in [0.05, 0.1) is 19.5 Å². The maximum atomic E-state index is 5.04. The molecule has 92 valence electrons. The number of fused-ring (bicyclic) bond motifs is 1. The number of methoxy groups -OCH3 is 1. The van der Waals surface area contributed by atoms with E-state index in [1.807, 2.05) is 0 Å². The van der Waals surface area contributed by atoms with Crippen molar-refractivity contribution >= 4 is 5.95 Å². The molecule has 2 aromatic rings. The highest BCUT2D eigenvalue weighted by Crippen LogP contribution is 2.23. The summed E-state index contributed by atoms with van der Waals surface area (Å²) in [7, 11) is 1.61. The molecule has 1 aliphatic rings. The number of hydrogen-bond acceptors (Lipinski definition) is 4. The average Bonchev–Trinajstić information content (AvgIpc) is 2.82. The van der Waals surface area contributed by atoms with Crippen molar-refractivity contribution in [3.8, 4) is 5.75 Å². The molecule has 1 aromatic heterocycles. The molecule has 0 radical (unpaired) electrons. The van der Waals surface area contributed by atoms with E-state index in [2.05, 4.69) is 39.6 Å². The van der Waals surface area contributed by atoms with Crippen molar-refractivity contribution in [3.05, 3.63) is 47.8 Å². The molecular formula is C14H15N3O.